The van der Waals surface area contributed by atoms with Crippen molar-refractivity contribution in [2.45, 2.75) is 19.8 Å². The van der Waals surface area contributed by atoms with E-state index in [0.717, 1.165) is 12.8 Å². The van der Waals surface area contributed by atoms with Gasteiger partial charge >= 0.3 is 0 Å². The van der Waals surface area contributed by atoms with Gasteiger partial charge in [-0.05, 0) is 30.8 Å². The molecule has 1 heterocycles. The molecule has 0 saturated carbocycles. The molecule has 2 N–H and O–H groups in total. The van der Waals surface area contributed by atoms with Crippen LogP contribution in [0.25, 0.3) is 0 Å². The lowest BCUT2D eigenvalue weighted by molar-refractivity contribution is 0.0927. The summed E-state index contributed by atoms with van der Waals surface area (Å²) in [5, 5.41) is 2.41. The molecule has 78 valence electrons. The van der Waals surface area contributed by atoms with Crippen molar-refractivity contribution in [1.29, 1.82) is 0 Å². The van der Waals surface area contributed by atoms with Gasteiger partial charge in [-0.2, -0.15) is 0 Å². The number of nitrogens with two attached hydrogens (primary N) is 1. The van der Waals surface area contributed by atoms with Gasteiger partial charge in [-0.3, -0.25) is 4.79 Å². The van der Waals surface area contributed by atoms with Crippen LogP contribution >= 0.6 is 22.9 Å². The van der Waals surface area contributed by atoms with Crippen LogP contribution in [-0.2, 0) is 0 Å². The third-order valence-corrected chi connectivity index (χ3v) is 3.49. The number of Topliss-reactive ketones (excluding diaryl/α,β-unsaturated/α-hetero) is 1. The Balaban J connectivity index is 2.61. The molecule has 1 aromatic heterocycles. The summed E-state index contributed by atoms with van der Waals surface area (Å²) in [5.41, 5.74) is 5.39. The van der Waals surface area contributed by atoms with E-state index in [1.54, 1.807) is 6.07 Å². The molecule has 1 atom stereocenters. The van der Waals surface area contributed by atoms with E-state index in [-0.39, 0.29) is 11.7 Å². The van der Waals surface area contributed by atoms with Crippen molar-refractivity contribution in [3.05, 3.63) is 21.3 Å². The zero-order valence-electron chi connectivity index (χ0n) is 8.13. The van der Waals surface area contributed by atoms with E-state index < -0.39 is 0 Å². The molecule has 2 nitrogen and oxygen atoms in total. The Morgan fingerprint density at radius 3 is 2.93 bits per heavy atom. The highest BCUT2D eigenvalue weighted by molar-refractivity contribution is 7.12. The van der Waals surface area contributed by atoms with Gasteiger partial charge < -0.3 is 5.73 Å². The van der Waals surface area contributed by atoms with E-state index in [1.807, 2.05) is 12.3 Å². The smallest absolute Gasteiger partial charge is 0.177 e. The fourth-order valence-corrected chi connectivity index (χ4v) is 2.45. The Labute approximate surface area is 93.1 Å². The first-order valence-corrected chi connectivity index (χ1v) is 5.90. The molecule has 0 aromatic carbocycles. The van der Waals surface area contributed by atoms with Crippen LogP contribution in [0.4, 0.5) is 0 Å². The number of thiophene rings is 1. The molecule has 0 aliphatic rings. The third kappa shape index (κ3) is 2.80. The van der Waals surface area contributed by atoms with Crippen LogP contribution in [0.1, 0.15) is 29.4 Å². The molecule has 0 aliphatic heterocycles. The minimum Gasteiger partial charge on any atom is -0.330 e. The first-order chi connectivity index (χ1) is 6.66. The van der Waals surface area contributed by atoms with Crippen LogP contribution in [0.2, 0.25) is 5.02 Å². The van der Waals surface area contributed by atoms with Gasteiger partial charge in [0.25, 0.3) is 0 Å². The Hall–Kier alpha value is -0.380. The van der Waals surface area contributed by atoms with Crippen molar-refractivity contribution >= 4 is 28.7 Å². The minimum atomic E-state index is 0.0229. The van der Waals surface area contributed by atoms with E-state index in [9.17, 15) is 4.79 Å². The topological polar surface area (TPSA) is 43.1 Å². The minimum absolute atomic E-state index is 0.0229. The number of hydrogen-bond donors (Lipinski definition) is 1. The second kappa shape index (κ2) is 5.49. The summed E-state index contributed by atoms with van der Waals surface area (Å²) in [6, 6.07) is 1.76. The zero-order valence-corrected chi connectivity index (χ0v) is 9.70. The van der Waals surface area contributed by atoms with Crippen LogP contribution < -0.4 is 5.73 Å². The predicted octanol–water partition coefficient (Wildman–Crippen LogP) is 2.96. The Bertz CT molecular complexity index is 311. The first kappa shape index (κ1) is 11.7. The predicted molar refractivity (Wildman–Crippen MR) is 61.1 cm³/mol. The molecule has 4 heteroatoms. The van der Waals surface area contributed by atoms with Gasteiger partial charge in [0.15, 0.2) is 5.78 Å². The van der Waals surface area contributed by atoms with E-state index in [0.29, 0.717) is 16.4 Å². The molecular formula is C10H14ClNOS. The molecule has 1 aromatic rings. The van der Waals surface area contributed by atoms with Gasteiger partial charge in [0, 0.05) is 5.92 Å². The Morgan fingerprint density at radius 2 is 2.43 bits per heavy atom. The molecule has 0 radical (unpaired) electrons. The third-order valence-electron chi connectivity index (χ3n) is 2.13. The number of carbonyl (C=O) groups excluding carboxylic acids is 1. The van der Waals surface area contributed by atoms with Crippen LogP contribution in [0.15, 0.2) is 11.4 Å². The zero-order chi connectivity index (χ0) is 10.6. The fourth-order valence-electron chi connectivity index (χ4n) is 1.25. The molecule has 0 spiro atoms. The summed E-state index contributed by atoms with van der Waals surface area (Å²) in [4.78, 5) is 12.5. The van der Waals surface area contributed by atoms with Gasteiger partial charge in [-0.25, -0.2) is 0 Å². The summed E-state index contributed by atoms with van der Waals surface area (Å²) in [5.74, 6) is 0.160. The van der Waals surface area contributed by atoms with Crippen molar-refractivity contribution in [2.75, 3.05) is 6.54 Å². The van der Waals surface area contributed by atoms with Crippen molar-refractivity contribution in [1.82, 2.24) is 0 Å². The summed E-state index contributed by atoms with van der Waals surface area (Å²) in [7, 11) is 0. The average molecular weight is 232 g/mol. The fraction of sp³-hybridized carbons (Fsp3) is 0.500. The quantitative estimate of drug-likeness (QED) is 0.792. The van der Waals surface area contributed by atoms with E-state index >= 15 is 0 Å². The maximum Gasteiger partial charge on any atom is 0.177 e. The molecule has 1 unspecified atom stereocenters. The van der Waals surface area contributed by atoms with E-state index in [2.05, 4.69) is 0 Å². The molecule has 0 amide bonds. The van der Waals surface area contributed by atoms with Gasteiger partial charge in [0.1, 0.15) is 0 Å². The molecule has 1 rings (SSSR count). The normalized spacial score (nSPS) is 12.8. The van der Waals surface area contributed by atoms with E-state index in [1.165, 1.54) is 11.3 Å². The largest absolute Gasteiger partial charge is 0.330 e. The molecule has 14 heavy (non-hydrogen) atoms. The van der Waals surface area contributed by atoms with Crippen LogP contribution in [0.3, 0.4) is 0 Å². The average Bonchev–Trinajstić information content (AvgIpc) is 2.59. The van der Waals surface area contributed by atoms with Crippen molar-refractivity contribution in [2.24, 2.45) is 11.7 Å². The van der Waals surface area contributed by atoms with Gasteiger partial charge in [0.2, 0.25) is 0 Å². The first-order valence-electron chi connectivity index (χ1n) is 4.64. The number of rotatable bonds is 5. The van der Waals surface area contributed by atoms with Crippen molar-refractivity contribution in [3.63, 3.8) is 0 Å². The highest BCUT2D eigenvalue weighted by atomic mass is 35.5. The summed E-state index contributed by atoms with van der Waals surface area (Å²) < 4.78 is 0. The maximum absolute atomic E-state index is 11.8. The highest BCUT2D eigenvalue weighted by Crippen LogP contribution is 2.26. The lowest BCUT2D eigenvalue weighted by Gasteiger charge is -2.07. The molecule has 0 aliphatic carbocycles. The van der Waals surface area contributed by atoms with Crippen molar-refractivity contribution in [3.8, 4) is 0 Å². The van der Waals surface area contributed by atoms with Gasteiger partial charge in [-0.1, -0.05) is 18.5 Å². The van der Waals surface area contributed by atoms with Crippen LogP contribution in [-0.4, -0.2) is 12.3 Å². The summed E-state index contributed by atoms with van der Waals surface area (Å²) >= 11 is 7.28. The van der Waals surface area contributed by atoms with Crippen LogP contribution in [0, 0.1) is 5.92 Å². The second-order valence-corrected chi connectivity index (χ2v) is 4.62. The van der Waals surface area contributed by atoms with Gasteiger partial charge in [-0.15, -0.1) is 11.3 Å². The Kier molecular flexibility index (Phi) is 4.58. The number of hydrogen-bond acceptors (Lipinski definition) is 3. The molecular weight excluding hydrogens is 218 g/mol. The number of halogens is 1. The lowest BCUT2D eigenvalue weighted by atomic mass is 9.99. The summed E-state index contributed by atoms with van der Waals surface area (Å²) in [6.07, 6.45) is 1.72. The molecule has 0 bridgehead atoms. The summed E-state index contributed by atoms with van der Waals surface area (Å²) in [6.45, 7) is 2.56. The molecule has 0 fully saturated rings. The highest BCUT2D eigenvalue weighted by Gasteiger charge is 2.18. The molecule has 0 saturated heterocycles. The Morgan fingerprint density at radius 1 is 1.71 bits per heavy atom. The van der Waals surface area contributed by atoms with Gasteiger partial charge in [0.05, 0.1) is 9.90 Å². The SMILES string of the molecule is CC(CCCN)C(=O)c1sccc1Cl. The maximum atomic E-state index is 11.8. The monoisotopic (exact) mass is 231 g/mol. The second-order valence-electron chi connectivity index (χ2n) is 3.29. The van der Waals surface area contributed by atoms with E-state index in [4.69, 9.17) is 17.3 Å². The van der Waals surface area contributed by atoms with Crippen LogP contribution in [0.5, 0.6) is 0 Å². The standard InChI is InChI=1S/C10H14ClNOS/c1-7(3-2-5-12)9(13)10-8(11)4-6-14-10/h4,6-7H,2-3,5,12H2,1H3. The number of carbonyl (C=O) groups is 1. The lowest BCUT2D eigenvalue weighted by Crippen LogP contribution is -2.12. The van der Waals surface area contributed by atoms with Crippen molar-refractivity contribution < 1.29 is 4.79 Å². The number of ketones is 1.